The van der Waals surface area contributed by atoms with Gasteiger partial charge in [0.05, 0.1) is 6.04 Å². The Bertz CT molecular complexity index is 600. The van der Waals surface area contributed by atoms with Crippen LogP contribution >= 0.6 is 0 Å². The van der Waals surface area contributed by atoms with Gasteiger partial charge in [-0.1, -0.05) is 0 Å². The molecule has 1 aromatic carbocycles. The van der Waals surface area contributed by atoms with Crippen molar-refractivity contribution in [1.82, 2.24) is 4.90 Å². The minimum Gasteiger partial charge on any atom is -0.454 e. The zero-order valence-electron chi connectivity index (χ0n) is 11.9. The number of hydrogen-bond acceptors (Lipinski definition) is 4. The maximum atomic E-state index is 12.3. The average Bonchev–Trinajstić information content (AvgIpc) is 2.90. The number of ether oxygens (including phenoxy) is 2. The first kappa shape index (κ1) is 16.1. The summed E-state index contributed by atoms with van der Waals surface area (Å²) >= 11 is 0. The third-order valence-corrected chi connectivity index (χ3v) is 3.36. The van der Waals surface area contributed by atoms with Crippen LogP contribution in [0.1, 0.15) is 23.7 Å². The Balaban J connectivity index is 2.10. The SMILES string of the molecule is C[C@H](C(=O)c1ccc2c(c1)OCO2)N(C)C(=O)CC(F)(F)F. The zero-order valence-corrected chi connectivity index (χ0v) is 11.9. The quantitative estimate of drug-likeness (QED) is 0.800. The van der Waals surface area contributed by atoms with E-state index in [0.717, 1.165) is 4.90 Å². The van der Waals surface area contributed by atoms with Gasteiger partial charge in [0.2, 0.25) is 12.7 Å². The summed E-state index contributed by atoms with van der Waals surface area (Å²) in [5.41, 5.74) is 0.239. The van der Waals surface area contributed by atoms with Crippen molar-refractivity contribution in [3.63, 3.8) is 0 Å². The third-order valence-electron chi connectivity index (χ3n) is 3.36. The van der Waals surface area contributed by atoms with Crippen LogP contribution in [-0.4, -0.2) is 42.6 Å². The lowest BCUT2D eigenvalue weighted by Crippen LogP contribution is -2.42. The Morgan fingerprint density at radius 1 is 1.27 bits per heavy atom. The molecule has 1 aliphatic rings. The minimum absolute atomic E-state index is 0.0481. The van der Waals surface area contributed by atoms with Crippen molar-refractivity contribution in [1.29, 1.82) is 0 Å². The Labute approximate surface area is 124 Å². The molecule has 0 bridgehead atoms. The fraction of sp³-hybridized carbons (Fsp3) is 0.429. The van der Waals surface area contributed by atoms with Crippen molar-refractivity contribution < 1.29 is 32.2 Å². The van der Waals surface area contributed by atoms with E-state index in [-0.39, 0.29) is 12.4 Å². The van der Waals surface area contributed by atoms with E-state index in [4.69, 9.17) is 9.47 Å². The van der Waals surface area contributed by atoms with Gasteiger partial charge in [-0.25, -0.2) is 0 Å². The van der Waals surface area contributed by atoms with E-state index < -0.39 is 30.3 Å². The van der Waals surface area contributed by atoms with Crippen molar-refractivity contribution in [2.45, 2.75) is 25.6 Å². The average molecular weight is 317 g/mol. The van der Waals surface area contributed by atoms with Crippen LogP contribution < -0.4 is 9.47 Å². The number of alkyl halides is 3. The van der Waals surface area contributed by atoms with Crippen LogP contribution in [-0.2, 0) is 4.79 Å². The van der Waals surface area contributed by atoms with Crippen LogP contribution in [0, 0.1) is 0 Å². The second kappa shape index (κ2) is 5.86. The smallest absolute Gasteiger partial charge is 0.397 e. The van der Waals surface area contributed by atoms with Crippen molar-refractivity contribution >= 4 is 11.7 Å². The summed E-state index contributed by atoms with van der Waals surface area (Å²) in [4.78, 5) is 24.6. The van der Waals surface area contributed by atoms with E-state index in [1.165, 1.54) is 26.1 Å². The second-order valence-electron chi connectivity index (χ2n) is 4.90. The van der Waals surface area contributed by atoms with Gasteiger partial charge in [-0.3, -0.25) is 9.59 Å². The van der Waals surface area contributed by atoms with Crippen LogP contribution in [0.2, 0.25) is 0 Å². The van der Waals surface area contributed by atoms with Crippen LogP contribution in [0.5, 0.6) is 11.5 Å². The van der Waals surface area contributed by atoms with Crippen molar-refractivity contribution in [2.75, 3.05) is 13.8 Å². The maximum Gasteiger partial charge on any atom is 0.397 e. The predicted molar refractivity (Wildman–Crippen MR) is 69.8 cm³/mol. The van der Waals surface area contributed by atoms with Crippen molar-refractivity contribution in [3.8, 4) is 11.5 Å². The van der Waals surface area contributed by atoms with Gasteiger partial charge in [0.15, 0.2) is 17.3 Å². The molecule has 0 saturated heterocycles. The highest BCUT2D eigenvalue weighted by Crippen LogP contribution is 2.33. The molecule has 0 fully saturated rings. The summed E-state index contributed by atoms with van der Waals surface area (Å²) in [7, 11) is 1.17. The first-order valence-corrected chi connectivity index (χ1v) is 6.45. The van der Waals surface area contributed by atoms with E-state index in [1.807, 2.05) is 0 Å². The first-order valence-electron chi connectivity index (χ1n) is 6.45. The molecule has 1 aromatic rings. The molecule has 0 N–H and O–H groups in total. The molecule has 0 aliphatic carbocycles. The summed E-state index contributed by atoms with van der Waals surface area (Å²) in [6, 6.07) is 3.45. The molecule has 0 radical (unpaired) electrons. The molecule has 0 spiro atoms. The molecule has 1 atom stereocenters. The van der Waals surface area contributed by atoms with Crippen LogP contribution in [0.15, 0.2) is 18.2 Å². The Hall–Kier alpha value is -2.25. The van der Waals surface area contributed by atoms with Gasteiger partial charge in [-0.2, -0.15) is 13.2 Å². The monoisotopic (exact) mass is 317 g/mol. The lowest BCUT2D eigenvalue weighted by atomic mass is 10.0. The van der Waals surface area contributed by atoms with Crippen molar-refractivity contribution in [3.05, 3.63) is 23.8 Å². The maximum absolute atomic E-state index is 12.3. The van der Waals surface area contributed by atoms with E-state index in [1.54, 1.807) is 6.07 Å². The van der Waals surface area contributed by atoms with Crippen molar-refractivity contribution in [2.24, 2.45) is 0 Å². The molecule has 22 heavy (non-hydrogen) atoms. The highest BCUT2D eigenvalue weighted by Gasteiger charge is 2.35. The van der Waals surface area contributed by atoms with E-state index >= 15 is 0 Å². The molecular formula is C14H14F3NO4. The number of ketones is 1. The lowest BCUT2D eigenvalue weighted by Gasteiger charge is -2.24. The number of amides is 1. The third kappa shape index (κ3) is 3.49. The number of nitrogens with zero attached hydrogens (tertiary/aromatic N) is 1. The highest BCUT2D eigenvalue weighted by atomic mass is 19.4. The summed E-state index contributed by atoms with van der Waals surface area (Å²) in [6.45, 7) is 1.42. The lowest BCUT2D eigenvalue weighted by molar-refractivity contribution is -0.161. The standard InChI is InChI=1S/C14H14F3NO4/c1-8(18(2)12(19)6-14(15,16)17)13(20)9-3-4-10-11(5-9)22-7-21-10/h3-5,8H,6-7H2,1-2H3/t8-/m1/s1. The highest BCUT2D eigenvalue weighted by molar-refractivity contribution is 6.02. The van der Waals surface area contributed by atoms with Gasteiger partial charge in [-0.05, 0) is 25.1 Å². The normalized spacial score (nSPS) is 14.6. The summed E-state index contributed by atoms with van der Waals surface area (Å²) in [5.74, 6) is -0.751. The first-order chi connectivity index (χ1) is 10.2. The molecule has 0 aromatic heterocycles. The number of halogens is 3. The molecule has 1 amide bonds. The second-order valence-corrected chi connectivity index (χ2v) is 4.90. The molecule has 0 saturated carbocycles. The van der Waals surface area contributed by atoms with E-state index in [0.29, 0.717) is 11.5 Å². The molecular weight excluding hydrogens is 303 g/mol. The van der Waals surface area contributed by atoms with Gasteiger partial charge in [0.25, 0.3) is 0 Å². The number of carbonyl (C=O) groups excluding carboxylic acids is 2. The fourth-order valence-electron chi connectivity index (χ4n) is 1.98. The number of benzene rings is 1. The summed E-state index contributed by atoms with van der Waals surface area (Å²) in [5, 5.41) is 0. The summed E-state index contributed by atoms with van der Waals surface area (Å²) in [6.07, 6.45) is -6.20. The van der Waals surface area contributed by atoms with Crippen LogP contribution in [0.4, 0.5) is 13.2 Å². The van der Waals surface area contributed by atoms with Crippen LogP contribution in [0.25, 0.3) is 0 Å². The van der Waals surface area contributed by atoms with Crippen LogP contribution in [0.3, 0.4) is 0 Å². The number of fused-ring (bicyclic) bond motifs is 1. The fourth-order valence-corrected chi connectivity index (χ4v) is 1.98. The molecule has 5 nitrogen and oxygen atoms in total. The van der Waals surface area contributed by atoms with E-state index in [9.17, 15) is 22.8 Å². The number of Topliss-reactive ketones (excluding diaryl/α,β-unsaturated/α-hetero) is 1. The number of likely N-dealkylation sites (N-methyl/N-ethyl adjacent to an activating group) is 1. The number of rotatable bonds is 4. The predicted octanol–water partition coefficient (Wildman–Crippen LogP) is 2.40. The molecule has 1 heterocycles. The molecule has 120 valence electrons. The summed E-state index contributed by atoms with van der Waals surface area (Å²) < 4.78 is 47.0. The molecule has 1 aliphatic heterocycles. The number of hydrogen-bond donors (Lipinski definition) is 0. The zero-order chi connectivity index (χ0) is 16.5. The minimum atomic E-state index is -4.60. The Morgan fingerprint density at radius 3 is 2.55 bits per heavy atom. The topological polar surface area (TPSA) is 55.8 Å². The Kier molecular flexibility index (Phi) is 4.30. The number of carbonyl (C=O) groups is 2. The van der Waals surface area contributed by atoms with Gasteiger partial charge in [-0.15, -0.1) is 0 Å². The van der Waals surface area contributed by atoms with Gasteiger partial charge >= 0.3 is 6.18 Å². The molecule has 2 rings (SSSR count). The van der Waals surface area contributed by atoms with E-state index in [2.05, 4.69) is 0 Å². The largest absolute Gasteiger partial charge is 0.454 e. The molecule has 8 heteroatoms. The van der Waals surface area contributed by atoms with Gasteiger partial charge < -0.3 is 14.4 Å². The Morgan fingerprint density at radius 2 is 1.91 bits per heavy atom. The van der Waals surface area contributed by atoms with Gasteiger partial charge in [0, 0.05) is 12.6 Å². The van der Waals surface area contributed by atoms with Gasteiger partial charge in [0.1, 0.15) is 6.42 Å². The molecule has 0 unspecified atom stereocenters.